The second kappa shape index (κ2) is 25.8. The summed E-state index contributed by atoms with van der Waals surface area (Å²) in [4.78, 5) is 11.2. The van der Waals surface area contributed by atoms with Crippen molar-refractivity contribution in [2.24, 2.45) is 0 Å². The number of hydrogen-bond donors (Lipinski definition) is 0. The van der Waals surface area contributed by atoms with Crippen molar-refractivity contribution in [2.45, 2.75) is 79.1 Å². The van der Waals surface area contributed by atoms with Gasteiger partial charge in [0.2, 0.25) is 22.3 Å². The molecular weight excluding hydrogens is 708 g/mol. The van der Waals surface area contributed by atoms with E-state index in [4.69, 9.17) is 45.9 Å². The molecule has 2 aromatic rings. The Hall–Kier alpha value is -4.13. The van der Waals surface area contributed by atoms with Crippen LogP contribution < -0.4 is 28.7 Å². The quantitative estimate of drug-likeness (QED) is 0.0630. The highest BCUT2D eigenvalue weighted by molar-refractivity contribution is 7.79. The standard InChI is InChI=1S/2C18H28N3O3.H2O4S/c2*1-3-5-9-23-17-14-16(21-7-11-22-12-8-21)18(13-15(17)20-19)24-10-6-4-2;1-5(2,3)4/h2*13-14H,3-12H2,1-2H3;(H2,1,2,3,4)/q2*+1;/p-2. The number of hydrogen-bond acceptors (Lipinski definition) is 14. The SMILES string of the molecule is CCCCOc1cc(N2CCOCC2)c(OCCCC)cc1[N+]#N.CCCCOc1cc(N2CCOCC2)c(OCCCC)cc1[N+]#N.O=S(=O)([O-])[O-]. The van der Waals surface area contributed by atoms with E-state index in [1.165, 1.54) is 0 Å². The van der Waals surface area contributed by atoms with Crippen LogP contribution in [0.4, 0.5) is 22.7 Å². The van der Waals surface area contributed by atoms with Gasteiger partial charge in [-0.1, -0.05) is 53.4 Å². The molecule has 2 heterocycles. The molecule has 16 nitrogen and oxygen atoms in total. The van der Waals surface area contributed by atoms with Gasteiger partial charge in [-0.2, -0.15) is 0 Å². The van der Waals surface area contributed by atoms with Crippen molar-refractivity contribution < 1.29 is 45.9 Å². The number of rotatable bonds is 18. The monoisotopic (exact) mass is 764 g/mol. The molecule has 2 aromatic carbocycles. The number of diazo groups is 2. The van der Waals surface area contributed by atoms with Crippen molar-refractivity contribution in [3.05, 3.63) is 34.2 Å². The minimum absolute atomic E-state index is 0.412. The van der Waals surface area contributed by atoms with Gasteiger partial charge in [0.15, 0.2) is 21.5 Å². The summed E-state index contributed by atoms with van der Waals surface area (Å²) in [5.74, 6) is 2.66. The molecule has 2 fully saturated rings. The number of unbranched alkanes of at least 4 members (excludes halogenated alkanes) is 4. The Morgan fingerprint density at radius 2 is 0.868 bits per heavy atom. The molecule has 0 atom stereocenters. The summed E-state index contributed by atoms with van der Waals surface area (Å²) in [7, 11) is -5.17. The predicted molar refractivity (Wildman–Crippen MR) is 201 cm³/mol. The van der Waals surface area contributed by atoms with E-state index in [0.717, 1.165) is 100 Å². The minimum Gasteiger partial charge on any atom is -0.759 e. The van der Waals surface area contributed by atoms with Crippen molar-refractivity contribution in [1.29, 1.82) is 10.8 Å². The van der Waals surface area contributed by atoms with Crippen LogP contribution in [-0.2, 0) is 19.9 Å². The number of anilines is 2. The summed E-state index contributed by atoms with van der Waals surface area (Å²) in [5.41, 5.74) is 2.78. The van der Waals surface area contributed by atoms with Gasteiger partial charge in [-0.05, 0) is 25.7 Å². The lowest BCUT2D eigenvalue weighted by molar-refractivity contribution is 0.122. The van der Waals surface area contributed by atoms with Crippen LogP contribution in [0.5, 0.6) is 23.0 Å². The second-order valence-electron chi connectivity index (χ2n) is 12.2. The van der Waals surface area contributed by atoms with E-state index in [0.29, 0.717) is 75.7 Å². The van der Waals surface area contributed by atoms with E-state index in [1.807, 2.05) is 12.1 Å². The third-order valence-corrected chi connectivity index (χ3v) is 8.02. The predicted octanol–water partition coefficient (Wildman–Crippen LogP) is 7.39. The zero-order valence-electron chi connectivity index (χ0n) is 31.6. The Balaban J connectivity index is 0.000000325. The Morgan fingerprint density at radius 1 is 0.585 bits per heavy atom. The fourth-order valence-electron chi connectivity index (χ4n) is 5.10. The lowest BCUT2D eigenvalue weighted by Gasteiger charge is -2.30. The number of benzene rings is 2. The first-order valence-corrected chi connectivity index (χ1v) is 19.8. The van der Waals surface area contributed by atoms with Crippen LogP contribution in [0.2, 0.25) is 0 Å². The maximum atomic E-state index is 9.33. The van der Waals surface area contributed by atoms with Gasteiger partial charge < -0.3 is 47.3 Å². The van der Waals surface area contributed by atoms with E-state index in [1.54, 1.807) is 12.1 Å². The van der Waals surface area contributed by atoms with E-state index < -0.39 is 10.4 Å². The molecule has 0 unspecified atom stereocenters. The molecular formula is C36H56N6O10S. The molecule has 2 aliphatic rings. The first kappa shape index (κ1) is 45.0. The van der Waals surface area contributed by atoms with Crippen LogP contribution >= 0.6 is 0 Å². The molecule has 0 aliphatic carbocycles. The maximum Gasteiger partial charge on any atom is 0.430 e. The third-order valence-electron chi connectivity index (χ3n) is 8.02. The van der Waals surface area contributed by atoms with E-state index in [2.05, 4.69) is 47.4 Å². The molecule has 0 radical (unpaired) electrons. The lowest BCUT2D eigenvalue weighted by Crippen LogP contribution is -2.36. The zero-order valence-corrected chi connectivity index (χ0v) is 32.4. The molecule has 0 N–H and O–H groups in total. The number of ether oxygens (including phenoxy) is 6. The minimum atomic E-state index is -5.17. The van der Waals surface area contributed by atoms with Gasteiger partial charge in [0.25, 0.3) is 0 Å². The Bertz CT molecular complexity index is 1430. The zero-order chi connectivity index (χ0) is 38.9. The van der Waals surface area contributed by atoms with Crippen LogP contribution in [0.1, 0.15) is 79.1 Å². The van der Waals surface area contributed by atoms with Crippen LogP contribution in [0.3, 0.4) is 0 Å². The second-order valence-corrected chi connectivity index (χ2v) is 13.0. The highest BCUT2D eigenvalue weighted by Gasteiger charge is 2.26. The van der Waals surface area contributed by atoms with Gasteiger partial charge in [0, 0.05) is 48.7 Å². The third kappa shape index (κ3) is 17.5. The van der Waals surface area contributed by atoms with Crippen molar-refractivity contribution in [2.75, 3.05) is 88.8 Å². The van der Waals surface area contributed by atoms with E-state index >= 15 is 0 Å². The van der Waals surface area contributed by atoms with Gasteiger partial charge in [-0.15, -0.1) is 0 Å². The number of nitrogens with zero attached hydrogens (tertiary/aromatic N) is 6. The normalized spacial score (nSPS) is 14.0. The summed E-state index contributed by atoms with van der Waals surface area (Å²) in [5, 5.41) is 18.7. The summed E-state index contributed by atoms with van der Waals surface area (Å²) in [6.45, 7) is 17.1. The average Bonchev–Trinajstić information content (AvgIpc) is 3.16. The fourth-order valence-corrected chi connectivity index (χ4v) is 5.10. The van der Waals surface area contributed by atoms with Crippen LogP contribution in [0.15, 0.2) is 24.3 Å². The molecule has 0 aromatic heterocycles. The highest BCUT2D eigenvalue weighted by atomic mass is 32.3. The fraction of sp³-hybridized carbons (Fsp3) is 0.667. The van der Waals surface area contributed by atoms with E-state index in [9.17, 15) is 10.8 Å². The summed E-state index contributed by atoms with van der Waals surface area (Å²) < 4.78 is 68.5. The molecule has 0 spiro atoms. The van der Waals surface area contributed by atoms with Gasteiger partial charge in [-0.3, -0.25) is 8.42 Å². The molecule has 2 aliphatic heterocycles. The maximum absolute atomic E-state index is 9.33. The number of morpholine rings is 2. The average molecular weight is 765 g/mol. The molecule has 0 saturated carbocycles. The summed E-state index contributed by atoms with van der Waals surface area (Å²) in [6, 6.07) is 7.39. The largest absolute Gasteiger partial charge is 0.759 e. The highest BCUT2D eigenvalue weighted by Crippen LogP contribution is 2.42. The van der Waals surface area contributed by atoms with E-state index in [-0.39, 0.29) is 0 Å². The molecule has 296 valence electrons. The molecule has 53 heavy (non-hydrogen) atoms. The van der Waals surface area contributed by atoms with Crippen LogP contribution in [0, 0.1) is 10.8 Å². The Morgan fingerprint density at radius 3 is 1.13 bits per heavy atom. The smallest absolute Gasteiger partial charge is 0.430 e. The molecule has 17 heteroatoms. The van der Waals surface area contributed by atoms with Crippen molar-refractivity contribution in [3.8, 4) is 23.0 Å². The van der Waals surface area contributed by atoms with Crippen LogP contribution in [-0.4, -0.2) is 96.6 Å². The van der Waals surface area contributed by atoms with Crippen molar-refractivity contribution in [3.63, 3.8) is 0 Å². The van der Waals surface area contributed by atoms with Gasteiger partial charge in [0.05, 0.1) is 76.4 Å². The van der Waals surface area contributed by atoms with Gasteiger partial charge >= 0.3 is 11.4 Å². The summed E-state index contributed by atoms with van der Waals surface area (Å²) >= 11 is 0. The molecule has 2 saturated heterocycles. The molecule has 0 amide bonds. The first-order valence-electron chi connectivity index (χ1n) is 18.5. The lowest BCUT2D eigenvalue weighted by atomic mass is 10.2. The first-order chi connectivity index (χ1) is 25.6. The van der Waals surface area contributed by atoms with Crippen molar-refractivity contribution in [1.82, 2.24) is 0 Å². The van der Waals surface area contributed by atoms with Crippen LogP contribution in [0.25, 0.3) is 9.95 Å². The Kier molecular flexibility index (Phi) is 21.9. The van der Waals surface area contributed by atoms with Gasteiger partial charge in [0.1, 0.15) is 0 Å². The van der Waals surface area contributed by atoms with Gasteiger partial charge in [-0.25, -0.2) is 0 Å². The topological polar surface area (TPSA) is 198 Å². The molecule has 0 bridgehead atoms. The Labute approximate surface area is 314 Å². The van der Waals surface area contributed by atoms with Crippen molar-refractivity contribution >= 4 is 33.1 Å². The summed E-state index contributed by atoms with van der Waals surface area (Å²) in [6.07, 6.45) is 8.16. The molecule has 4 rings (SSSR count).